The summed E-state index contributed by atoms with van der Waals surface area (Å²) in [6, 6.07) is 2.02. The standard InChI is InChI=1S/C15H18N4O2S/c1-10(14-3-2-6-21-14)18-11-4-5-16-7-12(11)19-15(20)13-8-22-9-17-13/h4-5,7-10,14H,2-3,6H2,1H3,(H,16,18)(H,19,20)/t10-,14+/m1/s1. The zero-order valence-electron chi connectivity index (χ0n) is 12.3. The van der Waals surface area contributed by atoms with Gasteiger partial charge in [-0.15, -0.1) is 11.3 Å². The van der Waals surface area contributed by atoms with Crippen LogP contribution in [0, 0.1) is 0 Å². The maximum absolute atomic E-state index is 12.1. The quantitative estimate of drug-likeness (QED) is 0.886. The average molecular weight is 318 g/mol. The zero-order valence-corrected chi connectivity index (χ0v) is 13.1. The summed E-state index contributed by atoms with van der Waals surface area (Å²) in [4.78, 5) is 20.2. The Morgan fingerprint density at radius 3 is 3.14 bits per heavy atom. The van der Waals surface area contributed by atoms with Crippen LogP contribution < -0.4 is 10.6 Å². The van der Waals surface area contributed by atoms with Crippen molar-refractivity contribution in [1.29, 1.82) is 0 Å². The average Bonchev–Trinajstić information content (AvgIpc) is 3.23. The molecule has 3 heterocycles. The molecule has 1 aliphatic rings. The van der Waals surface area contributed by atoms with Crippen LogP contribution in [0.4, 0.5) is 11.4 Å². The van der Waals surface area contributed by atoms with Gasteiger partial charge < -0.3 is 15.4 Å². The molecule has 22 heavy (non-hydrogen) atoms. The van der Waals surface area contributed by atoms with Crippen molar-refractivity contribution in [2.24, 2.45) is 0 Å². The van der Waals surface area contributed by atoms with Crippen LogP contribution >= 0.6 is 11.3 Å². The molecule has 0 spiro atoms. The van der Waals surface area contributed by atoms with Crippen molar-refractivity contribution < 1.29 is 9.53 Å². The minimum Gasteiger partial charge on any atom is -0.378 e. The van der Waals surface area contributed by atoms with E-state index < -0.39 is 0 Å². The van der Waals surface area contributed by atoms with E-state index in [9.17, 15) is 4.79 Å². The Hall–Kier alpha value is -1.99. The number of nitrogens with zero attached hydrogens (tertiary/aromatic N) is 2. The number of ether oxygens (including phenoxy) is 1. The van der Waals surface area contributed by atoms with E-state index in [0.717, 1.165) is 25.1 Å². The number of carbonyl (C=O) groups is 1. The third-order valence-electron chi connectivity index (χ3n) is 3.64. The molecule has 1 fully saturated rings. The minimum absolute atomic E-state index is 0.167. The predicted molar refractivity (Wildman–Crippen MR) is 86.4 cm³/mol. The summed E-state index contributed by atoms with van der Waals surface area (Å²) >= 11 is 1.39. The topological polar surface area (TPSA) is 76.1 Å². The molecular weight excluding hydrogens is 300 g/mol. The van der Waals surface area contributed by atoms with Crippen LogP contribution in [-0.4, -0.2) is 34.6 Å². The highest BCUT2D eigenvalue weighted by molar-refractivity contribution is 7.07. The van der Waals surface area contributed by atoms with Gasteiger partial charge in [0.2, 0.25) is 0 Å². The van der Waals surface area contributed by atoms with Crippen molar-refractivity contribution in [1.82, 2.24) is 9.97 Å². The van der Waals surface area contributed by atoms with Gasteiger partial charge in [-0.05, 0) is 25.8 Å². The maximum Gasteiger partial charge on any atom is 0.275 e. The summed E-state index contributed by atoms with van der Waals surface area (Å²) in [5.41, 5.74) is 3.52. The van der Waals surface area contributed by atoms with Crippen LogP contribution in [0.2, 0.25) is 0 Å². The minimum atomic E-state index is -0.234. The molecule has 2 N–H and O–H groups in total. The summed E-state index contributed by atoms with van der Waals surface area (Å²) in [5, 5.41) is 7.97. The number of thiazole rings is 1. The third-order valence-corrected chi connectivity index (χ3v) is 4.23. The largest absolute Gasteiger partial charge is 0.378 e. The van der Waals surface area contributed by atoms with Crippen LogP contribution in [0.25, 0.3) is 0 Å². The van der Waals surface area contributed by atoms with E-state index in [1.807, 2.05) is 6.07 Å². The molecule has 6 nitrogen and oxygen atoms in total. The molecule has 1 aliphatic heterocycles. The second-order valence-electron chi connectivity index (χ2n) is 5.23. The monoisotopic (exact) mass is 318 g/mol. The summed E-state index contributed by atoms with van der Waals surface area (Å²) in [6.07, 6.45) is 5.69. The highest BCUT2D eigenvalue weighted by atomic mass is 32.1. The number of rotatable bonds is 5. The Balaban J connectivity index is 1.70. The first kappa shape index (κ1) is 14.9. The molecule has 0 radical (unpaired) electrons. The molecule has 3 rings (SSSR count). The Bertz CT molecular complexity index is 626. The van der Waals surface area contributed by atoms with Crippen molar-refractivity contribution in [3.05, 3.63) is 35.0 Å². The van der Waals surface area contributed by atoms with Gasteiger partial charge in [-0.25, -0.2) is 4.98 Å². The first-order valence-electron chi connectivity index (χ1n) is 7.26. The number of aromatic nitrogens is 2. The molecule has 0 aromatic carbocycles. The van der Waals surface area contributed by atoms with Gasteiger partial charge in [-0.1, -0.05) is 0 Å². The number of pyridine rings is 1. The zero-order chi connectivity index (χ0) is 15.4. The Kier molecular flexibility index (Phi) is 4.65. The Labute approximate surface area is 132 Å². The van der Waals surface area contributed by atoms with Crippen molar-refractivity contribution in [3.63, 3.8) is 0 Å². The van der Waals surface area contributed by atoms with Crippen LogP contribution in [0.5, 0.6) is 0 Å². The van der Waals surface area contributed by atoms with Crippen LogP contribution in [0.3, 0.4) is 0 Å². The molecule has 0 unspecified atom stereocenters. The van der Waals surface area contributed by atoms with Gasteiger partial charge in [0.25, 0.3) is 5.91 Å². The summed E-state index contributed by atoms with van der Waals surface area (Å²) in [5.74, 6) is -0.234. The summed E-state index contributed by atoms with van der Waals surface area (Å²) < 4.78 is 5.69. The van der Waals surface area contributed by atoms with Crippen LogP contribution in [0.1, 0.15) is 30.3 Å². The highest BCUT2D eigenvalue weighted by Gasteiger charge is 2.23. The normalized spacial score (nSPS) is 18.9. The van der Waals surface area contributed by atoms with Gasteiger partial charge in [-0.3, -0.25) is 9.78 Å². The molecule has 2 aromatic heterocycles. The van der Waals surface area contributed by atoms with E-state index in [2.05, 4.69) is 27.5 Å². The van der Waals surface area contributed by atoms with Gasteiger partial charge in [0.1, 0.15) is 5.69 Å². The van der Waals surface area contributed by atoms with E-state index in [1.54, 1.807) is 23.3 Å². The molecule has 0 saturated carbocycles. The fourth-order valence-corrected chi connectivity index (χ4v) is 3.00. The molecule has 116 valence electrons. The number of amides is 1. The Morgan fingerprint density at radius 2 is 2.41 bits per heavy atom. The van der Waals surface area contributed by atoms with Crippen molar-refractivity contribution in [2.45, 2.75) is 31.9 Å². The van der Waals surface area contributed by atoms with E-state index in [-0.39, 0.29) is 18.1 Å². The molecule has 0 bridgehead atoms. The summed E-state index contributed by atoms with van der Waals surface area (Å²) in [7, 11) is 0. The molecule has 2 aromatic rings. The second kappa shape index (κ2) is 6.85. The SMILES string of the molecule is C[C@@H](Nc1ccncc1NC(=O)c1cscn1)[C@@H]1CCCO1. The van der Waals surface area contributed by atoms with E-state index in [1.165, 1.54) is 11.3 Å². The van der Waals surface area contributed by atoms with E-state index in [4.69, 9.17) is 4.74 Å². The lowest BCUT2D eigenvalue weighted by Gasteiger charge is -2.22. The molecular formula is C15H18N4O2S. The molecule has 1 amide bonds. The number of hydrogen-bond donors (Lipinski definition) is 2. The lowest BCUT2D eigenvalue weighted by molar-refractivity contribution is 0.0997. The molecule has 1 saturated heterocycles. The van der Waals surface area contributed by atoms with E-state index in [0.29, 0.717) is 11.4 Å². The molecule has 0 aliphatic carbocycles. The number of nitrogens with one attached hydrogen (secondary N) is 2. The first-order valence-corrected chi connectivity index (χ1v) is 8.20. The van der Waals surface area contributed by atoms with Crippen molar-refractivity contribution in [2.75, 3.05) is 17.2 Å². The van der Waals surface area contributed by atoms with Crippen LogP contribution in [-0.2, 0) is 4.74 Å². The summed E-state index contributed by atoms with van der Waals surface area (Å²) in [6.45, 7) is 2.91. The fraction of sp³-hybridized carbons (Fsp3) is 0.400. The highest BCUT2D eigenvalue weighted by Crippen LogP contribution is 2.24. The maximum atomic E-state index is 12.1. The number of carbonyl (C=O) groups excluding carboxylic acids is 1. The lowest BCUT2D eigenvalue weighted by atomic mass is 10.1. The van der Waals surface area contributed by atoms with Crippen molar-refractivity contribution in [3.8, 4) is 0 Å². The third kappa shape index (κ3) is 3.42. The van der Waals surface area contributed by atoms with Gasteiger partial charge in [0, 0.05) is 24.2 Å². The van der Waals surface area contributed by atoms with E-state index >= 15 is 0 Å². The lowest BCUT2D eigenvalue weighted by Crippen LogP contribution is -2.30. The number of anilines is 2. The van der Waals surface area contributed by atoms with Crippen LogP contribution in [0.15, 0.2) is 29.4 Å². The Morgan fingerprint density at radius 1 is 1.50 bits per heavy atom. The second-order valence-corrected chi connectivity index (χ2v) is 5.95. The molecule has 7 heteroatoms. The van der Waals surface area contributed by atoms with Gasteiger partial charge in [-0.2, -0.15) is 0 Å². The van der Waals surface area contributed by atoms with Gasteiger partial charge in [0.05, 0.1) is 29.2 Å². The molecule has 2 atom stereocenters. The predicted octanol–water partition coefficient (Wildman–Crippen LogP) is 2.77. The first-order chi connectivity index (χ1) is 10.7. The van der Waals surface area contributed by atoms with Crippen molar-refractivity contribution >= 4 is 28.6 Å². The fourth-order valence-electron chi connectivity index (χ4n) is 2.47. The number of hydrogen-bond acceptors (Lipinski definition) is 6. The smallest absolute Gasteiger partial charge is 0.275 e. The van der Waals surface area contributed by atoms with Gasteiger partial charge in [0.15, 0.2) is 0 Å². The van der Waals surface area contributed by atoms with Gasteiger partial charge >= 0.3 is 0 Å².